The van der Waals surface area contributed by atoms with Gasteiger partial charge >= 0.3 is 0 Å². The number of nitrogens with zero attached hydrogens (tertiary/aromatic N) is 5. The fraction of sp³-hybridized carbons (Fsp3) is 0.375. The molecule has 0 N–H and O–H groups in total. The average Bonchev–Trinajstić information content (AvgIpc) is 3.42. The van der Waals surface area contributed by atoms with Gasteiger partial charge in [-0.3, -0.25) is 4.79 Å². The largest absolute Gasteiger partial charge is 0.345 e. The Morgan fingerprint density at radius 3 is 2.80 bits per heavy atom. The Balaban J connectivity index is 1.27. The van der Waals surface area contributed by atoms with E-state index in [9.17, 15) is 4.79 Å². The van der Waals surface area contributed by atoms with E-state index in [1.807, 2.05) is 34.0 Å². The molecule has 0 atom stereocenters. The molecule has 0 aliphatic carbocycles. The van der Waals surface area contributed by atoms with Gasteiger partial charge in [-0.1, -0.05) is 11.2 Å². The number of hydrogen-bond acceptors (Lipinski definition) is 8. The quantitative estimate of drug-likeness (QED) is 0.682. The molecule has 1 aliphatic rings. The van der Waals surface area contributed by atoms with Crippen LogP contribution in [0.25, 0.3) is 10.7 Å². The molecule has 3 aromatic rings. The number of carbonyl (C=O) groups excluding carboxylic acids is 1. The van der Waals surface area contributed by atoms with E-state index < -0.39 is 0 Å². The zero-order valence-corrected chi connectivity index (χ0v) is 15.1. The molecule has 0 bridgehead atoms. The lowest BCUT2D eigenvalue weighted by atomic mass is 10.2. The van der Waals surface area contributed by atoms with Gasteiger partial charge in [0.2, 0.25) is 17.6 Å². The molecule has 3 aromatic heterocycles. The van der Waals surface area contributed by atoms with Crippen molar-refractivity contribution < 1.29 is 9.32 Å². The fourth-order valence-electron chi connectivity index (χ4n) is 2.75. The number of rotatable bonds is 5. The molecule has 1 amide bonds. The maximum absolute atomic E-state index is 12.4. The third-order valence-corrected chi connectivity index (χ3v) is 5.78. The average molecular weight is 375 g/mol. The van der Waals surface area contributed by atoms with Crippen LogP contribution in [0.3, 0.4) is 0 Å². The summed E-state index contributed by atoms with van der Waals surface area (Å²) in [6, 6.07) is 3.90. The van der Waals surface area contributed by atoms with E-state index in [1.54, 1.807) is 22.7 Å². The highest BCUT2D eigenvalue weighted by molar-refractivity contribution is 7.13. The van der Waals surface area contributed by atoms with Gasteiger partial charge < -0.3 is 14.3 Å². The van der Waals surface area contributed by atoms with Gasteiger partial charge in [-0.2, -0.15) is 4.98 Å². The molecule has 7 nitrogen and oxygen atoms in total. The Bertz CT molecular complexity index is 808. The highest BCUT2D eigenvalue weighted by Gasteiger charge is 2.22. The Kier molecular flexibility index (Phi) is 4.75. The first-order chi connectivity index (χ1) is 12.3. The first kappa shape index (κ1) is 16.2. The van der Waals surface area contributed by atoms with Gasteiger partial charge in [0.25, 0.3) is 0 Å². The van der Waals surface area contributed by atoms with Gasteiger partial charge in [0.1, 0.15) is 0 Å². The molecule has 9 heteroatoms. The van der Waals surface area contributed by atoms with Crippen molar-refractivity contribution >= 4 is 33.7 Å². The van der Waals surface area contributed by atoms with Crippen LogP contribution in [-0.2, 0) is 11.2 Å². The minimum absolute atomic E-state index is 0.134. The van der Waals surface area contributed by atoms with Crippen LogP contribution in [0.4, 0.5) is 5.13 Å². The summed E-state index contributed by atoms with van der Waals surface area (Å²) in [5.74, 6) is 1.24. The fourth-order valence-corrected chi connectivity index (χ4v) is 4.10. The number of aromatic nitrogens is 3. The van der Waals surface area contributed by atoms with Crippen LogP contribution >= 0.6 is 22.7 Å². The number of piperazine rings is 1. The maximum Gasteiger partial charge on any atom is 0.227 e. The first-order valence-corrected chi connectivity index (χ1v) is 9.84. The lowest BCUT2D eigenvalue weighted by Crippen LogP contribution is -2.48. The van der Waals surface area contributed by atoms with Crippen molar-refractivity contribution in [2.24, 2.45) is 0 Å². The summed E-state index contributed by atoms with van der Waals surface area (Å²) in [5, 5.41) is 8.95. The van der Waals surface area contributed by atoms with Crippen LogP contribution in [0, 0.1) is 0 Å². The van der Waals surface area contributed by atoms with E-state index in [0.717, 1.165) is 36.2 Å². The van der Waals surface area contributed by atoms with E-state index in [0.29, 0.717) is 24.6 Å². The first-order valence-electron chi connectivity index (χ1n) is 8.08. The molecule has 1 saturated heterocycles. The van der Waals surface area contributed by atoms with Crippen molar-refractivity contribution in [2.75, 3.05) is 31.1 Å². The Morgan fingerprint density at radius 1 is 1.20 bits per heavy atom. The molecular formula is C16H17N5O2S2. The highest BCUT2D eigenvalue weighted by Crippen LogP contribution is 2.22. The summed E-state index contributed by atoms with van der Waals surface area (Å²) in [7, 11) is 0. The Hall–Kier alpha value is -2.26. The van der Waals surface area contributed by atoms with Crippen LogP contribution in [-0.4, -0.2) is 52.1 Å². The van der Waals surface area contributed by atoms with Crippen LogP contribution in [0.5, 0.6) is 0 Å². The van der Waals surface area contributed by atoms with Gasteiger partial charge in [-0.25, -0.2) is 4.98 Å². The molecule has 0 saturated carbocycles. The molecule has 130 valence electrons. The minimum Gasteiger partial charge on any atom is -0.345 e. The number of amides is 1. The van der Waals surface area contributed by atoms with Crippen LogP contribution in [0.1, 0.15) is 12.3 Å². The number of thiazole rings is 1. The molecular weight excluding hydrogens is 358 g/mol. The Morgan fingerprint density at radius 2 is 2.08 bits per heavy atom. The molecule has 1 aliphatic heterocycles. The van der Waals surface area contributed by atoms with Crippen molar-refractivity contribution in [1.82, 2.24) is 20.0 Å². The molecule has 0 unspecified atom stereocenters. The van der Waals surface area contributed by atoms with Gasteiger partial charge in [-0.05, 0) is 11.4 Å². The summed E-state index contributed by atoms with van der Waals surface area (Å²) in [4.78, 5) is 26.2. The highest BCUT2D eigenvalue weighted by atomic mass is 32.1. The van der Waals surface area contributed by atoms with Crippen molar-refractivity contribution in [2.45, 2.75) is 12.8 Å². The van der Waals surface area contributed by atoms with E-state index in [2.05, 4.69) is 20.0 Å². The van der Waals surface area contributed by atoms with E-state index in [4.69, 9.17) is 4.52 Å². The molecule has 0 aromatic carbocycles. The van der Waals surface area contributed by atoms with Gasteiger partial charge in [0.15, 0.2) is 5.13 Å². The molecule has 25 heavy (non-hydrogen) atoms. The lowest BCUT2D eigenvalue weighted by Gasteiger charge is -2.34. The minimum atomic E-state index is 0.134. The van der Waals surface area contributed by atoms with Crippen LogP contribution in [0.2, 0.25) is 0 Å². The van der Waals surface area contributed by atoms with Gasteiger partial charge in [-0.15, -0.1) is 22.7 Å². The second-order valence-electron chi connectivity index (χ2n) is 5.67. The smallest absolute Gasteiger partial charge is 0.227 e. The van der Waals surface area contributed by atoms with E-state index in [1.165, 1.54) is 0 Å². The topological polar surface area (TPSA) is 75.4 Å². The SMILES string of the molecule is O=C(CCc1nc(-c2cccs2)no1)N1CCN(c2nccs2)CC1. The van der Waals surface area contributed by atoms with E-state index in [-0.39, 0.29) is 5.91 Å². The molecule has 4 rings (SSSR count). The van der Waals surface area contributed by atoms with Gasteiger partial charge in [0, 0.05) is 50.6 Å². The Labute approximate surface area is 152 Å². The number of carbonyl (C=O) groups is 1. The molecule has 1 fully saturated rings. The third kappa shape index (κ3) is 3.72. The summed E-state index contributed by atoms with van der Waals surface area (Å²) < 4.78 is 5.25. The number of hydrogen-bond donors (Lipinski definition) is 0. The van der Waals surface area contributed by atoms with Crippen LogP contribution in [0.15, 0.2) is 33.6 Å². The predicted molar refractivity (Wildman–Crippen MR) is 96.8 cm³/mol. The van der Waals surface area contributed by atoms with Crippen molar-refractivity contribution in [3.63, 3.8) is 0 Å². The third-order valence-electron chi connectivity index (χ3n) is 4.08. The van der Waals surface area contributed by atoms with Crippen molar-refractivity contribution in [1.29, 1.82) is 0 Å². The summed E-state index contributed by atoms with van der Waals surface area (Å²) in [6.45, 7) is 3.09. The standard InChI is InChI=1S/C16H17N5O2S2/c22-14(20-6-8-21(9-7-20)16-17-5-11-25-16)4-3-13-18-15(19-23-13)12-2-1-10-24-12/h1-2,5,10-11H,3-4,6-9H2. The summed E-state index contributed by atoms with van der Waals surface area (Å²) in [5.41, 5.74) is 0. The normalized spacial score (nSPS) is 14.9. The van der Waals surface area contributed by atoms with Crippen molar-refractivity contribution in [3.05, 3.63) is 35.0 Å². The lowest BCUT2D eigenvalue weighted by molar-refractivity contribution is -0.131. The van der Waals surface area contributed by atoms with Gasteiger partial charge in [0.05, 0.1) is 4.88 Å². The summed E-state index contributed by atoms with van der Waals surface area (Å²) >= 11 is 3.20. The zero-order chi connectivity index (χ0) is 17.1. The van der Waals surface area contributed by atoms with Crippen LogP contribution < -0.4 is 4.90 Å². The molecule has 0 spiro atoms. The zero-order valence-electron chi connectivity index (χ0n) is 13.5. The number of anilines is 1. The number of thiophene rings is 1. The second kappa shape index (κ2) is 7.32. The van der Waals surface area contributed by atoms with E-state index >= 15 is 0 Å². The second-order valence-corrected chi connectivity index (χ2v) is 7.49. The summed E-state index contributed by atoms with van der Waals surface area (Å²) in [6.07, 6.45) is 2.68. The predicted octanol–water partition coefficient (Wildman–Crippen LogP) is 2.54. The maximum atomic E-state index is 12.4. The molecule has 0 radical (unpaired) electrons. The van der Waals surface area contributed by atoms with Crippen molar-refractivity contribution in [3.8, 4) is 10.7 Å². The monoisotopic (exact) mass is 375 g/mol. The number of aryl methyl sites for hydroxylation is 1. The molecule has 4 heterocycles.